The lowest BCUT2D eigenvalue weighted by atomic mass is 10.1. The summed E-state index contributed by atoms with van der Waals surface area (Å²) in [6.45, 7) is 2.94. The molecule has 0 fully saturated rings. The first-order valence-corrected chi connectivity index (χ1v) is 6.50. The van der Waals surface area contributed by atoms with Crippen LogP contribution >= 0.6 is 11.6 Å². The van der Waals surface area contributed by atoms with Crippen LogP contribution in [-0.2, 0) is 16.0 Å². The summed E-state index contributed by atoms with van der Waals surface area (Å²) in [7, 11) is 1.59. The quantitative estimate of drug-likeness (QED) is 0.772. The number of aryl methyl sites for hydroxylation is 2. The van der Waals surface area contributed by atoms with Gasteiger partial charge in [0.1, 0.15) is 0 Å². The minimum Gasteiger partial charge on any atom is -0.383 e. The van der Waals surface area contributed by atoms with Gasteiger partial charge in [-0.15, -0.1) is 11.6 Å². The van der Waals surface area contributed by atoms with Crippen molar-refractivity contribution in [2.45, 2.75) is 25.1 Å². The summed E-state index contributed by atoms with van der Waals surface area (Å²) in [6, 6.07) is 8.22. The number of carbonyl (C=O) groups excluding carboxylic acids is 1. The Morgan fingerprint density at radius 2 is 2.06 bits per heavy atom. The van der Waals surface area contributed by atoms with Crippen LogP contribution in [0.4, 0.5) is 0 Å². The third-order valence-electron chi connectivity index (χ3n) is 2.63. The third kappa shape index (κ3) is 6.03. The Morgan fingerprint density at radius 3 is 2.67 bits per heavy atom. The van der Waals surface area contributed by atoms with Crippen LogP contribution in [0.1, 0.15) is 17.5 Å². The summed E-state index contributed by atoms with van der Waals surface area (Å²) >= 11 is 5.92. The molecule has 3 nitrogen and oxygen atoms in total. The molecule has 0 heterocycles. The second kappa shape index (κ2) is 8.11. The molecule has 1 atom stereocenters. The van der Waals surface area contributed by atoms with Gasteiger partial charge in [0, 0.05) is 20.1 Å². The molecular weight excluding hydrogens is 250 g/mol. The van der Waals surface area contributed by atoms with E-state index in [1.54, 1.807) is 7.11 Å². The lowest BCUT2D eigenvalue weighted by Gasteiger charge is -2.09. The number of halogens is 1. The first-order chi connectivity index (χ1) is 8.61. The number of alkyl halides is 1. The second-order valence-corrected chi connectivity index (χ2v) is 4.96. The van der Waals surface area contributed by atoms with Crippen molar-refractivity contribution in [3.63, 3.8) is 0 Å². The van der Waals surface area contributed by atoms with E-state index < -0.39 is 0 Å². The predicted octanol–water partition coefficient (Wildman–Crippen LogP) is 2.30. The van der Waals surface area contributed by atoms with E-state index in [1.165, 1.54) is 11.1 Å². The molecule has 0 aliphatic rings. The van der Waals surface area contributed by atoms with Gasteiger partial charge in [-0.3, -0.25) is 4.79 Å². The molecule has 0 radical (unpaired) electrons. The largest absolute Gasteiger partial charge is 0.383 e. The maximum absolute atomic E-state index is 11.6. The molecule has 1 aromatic rings. The SMILES string of the molecule is COCC(Cl)CNC(=O)CCc1ccc(C)cc1. The summed E-state index contributed by atoms with van der Waals surface area (Å²) in [5.74, 6) is 0.0253. The van der Waals surface area contributed by atoms with Gasteiger partial charge in [0.25, 0.3) is 0 Å². The molecule has 0 aliphatic carbocycles. The van der Waals surface area contributed by atoms with E-state index in [4.69, 9.17) is 16.3 Å². The molecule has 1 N–H and O–H groups in total. The zero-order chi connectivity index (χ0) is 13.4. The van der Waals surface area contributed by atoms with Crippen LogP contribution in [0.3, 0.4) is 0 Å². The lowest BCUT2D eigenvalue weighted by molar-refractivity contribution is -0.121. The predicted molar refractivity (Wildman–Crippen MR) is 74.0 cm³/mol. The Bertz CT molecular complexity index is 365. The zero-order valence-electron chi connectivity index (χ0n) is 10.9. The number of benzene rings is 1. The van der Waals surface area contributed by atoms with Gasteiger partial charge in [-0.05, 0) is 18.9 Å². The van der Waals surface area contributed by atoms with E-state index in [0.717, 1.165) is 6.42 Å². The van der Waals surface area contributed by atoms with Gasteiger partial charge in [0.15, 0.2) is 0 Å². The first kappa shape index (κ1) is 15.0. The van der Waals surface area contributed by atoms with Gasteiger partial charge in [0.05, 0.1) is 12.0 Å². The highest BCUT2D eigenvalue weighted by atomic mass is 35.5. The highest BCUT2D eigenvalue weighted by molar-refractivity contribution is 6.21. The summed E-state index contributed by atoms with van der Waals surface area (Å²) in [5, 5.41) is 2.63. The van der Waals surface area contributed by atoms with Crippen LogP contribution in [0.25, 0.3) is 0 Å². The smallest absolute Gasteiger partial charge is 0.220 e. The van der Waals surface area contributed by atoms with Crippen molar-refractivity contribution in [3.8, 4) is 0 Å². The number of hydrogen-bond acceptors (Lipinski definition) is 2. The molecule has 4 heteroatoms. The van der Waals surface area contributed by atoms with E-state index >= 15 is 0 Å². The molecule has 0 aromatic heterocycles. The average molecular weight is 270 g/mol. The van der Waals surface area contributed by atoms with Crippen LogP contribution < -0.4 is 5.32 Å². The maximum atomic E-state index is 11.6. The number of carbonyl (C=O) groups is 1. The fourth-order valence-corrected chi connectivity index (χ4v) is 1.77. The van der Waals surface area contributed by atoms with Gasteiger partial charge < -0.3 is 10.1 Å². The molecule has 1 amide bonds. The van der Waals surface area contributed by atoms with Crippen molar-refractivity contribution in [1.82, 2.24) is 5.32 Å². The Kier molecular flexibility index (Phi) is 6.76. The molecule has 1 rings (SSSR count). The van der Waals surface area contributed by atoms with Crippen LogP contribution in [-0.4, -0.2) is 31.5 Å². The number of rotatable bonds is 7. The van der Waals surface area contributed by atoms with Crippen LogP contribution in [0.15, 0.2) is 24.3 Å². The molecule has 0 bridgehead atoms. The number of nitrogens with one attached hydrogen (secondary N) is 1. The number of hydrogen-bond donors (Lipinski definition) is 1. The van der Waals surface area contributed by atoms with Crippen molar-refractivity contribution in [2.24, 2.45) is 0 Å². The minimum absolute atomic E-state index is 0.0253. The molecule has 100 valence electrons. The standard InChI is InChI=1S/C14H20ClNO2/c1-11-3-5-12(6-4-11)7-8-14(17)16-9-13(15)10-18-2/h3-6,13H,7-10H2,1-2H3,(H,16,17). The molecule has 0 spiro atoms. The summed E-state index contributed by atoms with van der Waals surface area (Å²) in [6.07, 6.45) is 1.24. The summed E-state index contributed by atoms with van der Waals surface area (Å²) < 4.78 is 4.89. The van der Waals surface area contributed by atoms with Gasteiger partial charge in [-0.25, -0.2) is 0 Å². The molecule has 18 heavy (non-hydrogen) atoms. The van der Waals surface area contributed by atoms with Crippen LogP contribution in [0.2, 0.25) is 0 Å². The fourth-order valence-electron chi connectivity index (χ4n) is 1.57. The van der Waals surface area contributed by atoms with Gasteiger partial charge in [-0.1, -0.05) is 29.8 Å². The van der Waals surface area contributed by atoms with Gasteiger partial charge in [-0.2, -0.15) is 0 Å². The van der Waals surface area contributed by atoms with Crippen molar-refractivity contribution in [2.75, 3.05) is 20.3 Å². The topological polar surface area (TPSA) is 38.3 Å². The van der Waals surface area contributed by atoms with Crippen molar-refractivity contribution < 1.29 is 9.53 Å². The normalized spacial score (nSPS) is 12.2. The summed E-state index contributed by atoms with van der Waals surface area (Å²) in [4.78, 5) is 11.6. The number of amides is 1. The third-order valence-corrected chi connectivity index (χ3v) is 2.91. The van der Waals surface area contributed by atoms with E-state index in [-0.39, 0.29) is 11.3 Å². The summed E-state index contributed by atoms with van der Waals surface area (Å²) in [5.41, 5.74) is 2.41. The second-order valence-electron chi connectivity index (χ2n) is 4.34. The highest BCUT2D eigenvalue weighted by Gasteiger charge is 2.07. The molecular formula is C14H20ClNO2. The molecule has 0 saturated heterocycles. The zero-order valence-corrected chi connectivity index (χ0v) is 11.7. The fraction of sp³-hybridized carbons (Fsp3) is 0.500. The average Bonchev–Trinajstić information content (AvgIpc) is 2.36. The van der Waals surface area contributed by atoms with E-state index in [1.807, 2.05) is 6.92 Å². The molecule has 0 saturated carbocycles. The van der Waals surface area contributed by atoms with Crippen molar-refractivity contribution >= 4 is 17.5 Å². The first-order valence-electron chi connectivity index (χ1n) is 6.07. The molecule has 1 aromatic carbocycles. The van der Waals surface area contributed by atoms with Crippen LogP contribution in [0, 0.1) is 6.92 Å². The van der Waals surface area contributed by atoms with Gasteiger partial charge >= 0.3 is 0 Å². The Balaban J connectivity index is 2.22. The minimum atomic E-state index is -0.168. The molecule has 0 aliphatic heterocycles. The van der Waals surface area contributed by atoms with Crippen molar-refractivity contribution in [1.29, 1.82) is 0 Å². The molecule has 1 unspecified atom stereocenters. The van der Waals surface area contributed by atoms with E-state index in [0.29, 0.717) is 19.6 Å². The maximum Gasteiger partial charge on any atom is 0.220 e. The highest BCUT2D eigenvalue weighted by Crippen LogP contribution is 2.05. The Morgan fingerprint density at radius 1 is 1.39 bits per heavy atom. The van der Waals surface area contributed by atoms with E-state index in [2.05, 4.69) is 29.6 Å². The van der Waals surface area contributed by atoms with Gasteiger partial charge in [0.2, 0.25) is 5.91 Å². The monoisotopic (exact) mass is 269 g/mol. The lowest BCUT2D eigenvalue weighted by Crippen LogP contribution is -2.31. The Hall–Kier alpha value is -1.06. The van der Waals surface area contributed by atoms with E-state index in [9.17, 15) is 4.79 Å². The van der Waals surface area contributed by atoms with Crippen molar-refractivity contribution in [3.05, 3.63) is 35.4 Å². The van der Waals surface area contributed by atoms with Crippen LogP contribution in [0.5, 0.6) is 0 Å². The number of methoxy groups -OCH3 is 1. The number of ether oxygens (including phenoxy) is 1. The Labute approximate surface area is 113 Å².